The molecule has 0 aliphatic rings. The molecular weight excluding hydrogens is 299 g/mol. The molecule has 0 saturated heterocycles. The van der Waals surface area contributed by atoms with Crippen molar-refractivity contribution < 1.29 is 0 Å². The summed E-state index contributed by atoms with van der Waals surface area (Å²) in [5, 5.41) is 12.3. The SMILES string of the molecule is Cc1ccc(C#N)cc1NC(C)c1cc(Cl)sc1Cl. The predicted octanol–water partition coefficient (Wildman–Crippen LogP) is 5.41. The van der Waals surface area contributed by atoms with Gasteiger partial charge in [-0.2, -0.15) is 5.26 Å². The van der Waals surface area contributed by atoms with Gasteiger partial charge in [0.15, 0.2) is 0 Å². The number of thiophene rings is 1. The molecule has 0 spiro atoms. The van der Waals surface area contributed by atoms with Crippen LogP contribution in [0.2, 0.25) is 8.67 Å². The predicted molar refractivity (Wildman–Crippen MR) is 82.3 cm³/mol. The minimum atomic E-state index is 0.0314. The van der Waals surface area contributed by atoms with Gasteiger partial charge < -0.3 is 5.32 Å². The average molecular weight is 311 g/mol. The molecule has 0 radical (unpaired) electrons. The third-order valence-electron chi connectivity index (χ3n) is 2.89. The molecule has 98 valence electrons. The highest BCUT2D eigenvalue weighted by molar-refractivity contribution is 7.20. The summed E-state index contributed by atoms with van der Waals surface area (Å²) in [6.07, 6.45) is 0. The van der Waals surface area contributed by atoms with Crippen LogP contribution in [0.5, 0.6) is 0 Å². The molecule has 0 bridgehead atoms. The summed E-state index contributed by atoms with van der Waals surface area (Å²) in [5.74, 6) is 0. The molecule has 1 aromatic heterocycles. The minimum Gasteiger partial charge on any atom is -0.378 e. The zero-order chi connectivity index (χ0) is 14.0. The number of nitrogens with zero attached hydrogens (tertiary/aromatic N) is 1. The van der Waals surface area contributed by atoms with E-state index in [1.165, 1.54) is 11.3 Å². The van der Waals surface area contributed by atoms with Crippen molar-refractivity contribution in [2.75, 3.05) is 5.32 Å². The molecule has 2 nitrogen and oxygen atoms in total. The summed E-state index contributed by atoms with van der Waals surface area (Å²) >= 11 is 13.5. The summed E-state index contributed by atoms with van der Waals surface area (Å²) in [4.78, 5) is 0. The monoisotopic (exact) mass is 310 g/mol. The zero-order valence-electron chi connectivity index (χ0n) is 10.5. The van der Waals surface area contributed by atoms with Gasteiger partial charge in [-0.05, 0) is 37.6 Å². The second kappa shape index (κ2) is 5.83. The summed E-state index contributed by atoms with van der Waals surface area (Å²) in [7, 11) is 0. The summed E-state index contributed by atoms with van der Waals surface area (Å²) in [6.45, 7) is 4.02. The van der Waals surface area contributed by atoms with Crippen LogP contribution in [0.25, 0.3) is 0 Å². The molecule has 1 unspecified atom stereocenters. The second-order valence-corrected chi connectivity index (χ2v) is 6.57. The first-order chi connectivity index (χ1) is 9.01. The molecule has 0 aliphatic heterocycles. The Balaban J connectivity index is 2.26. The van der Waals surface area contributed by atoms with Crippen LogP contribution < -0.4 is 5.32 Å². The molecule has 1 heterocycles. The van der Waals surface area contributed by atoms with E-state index in [0.29, 0.717) is 14.2 Å². The second-order valence-electron chi connectivity index (χ2n) is 4.29. The molecule has 1 atom stereocenters. The number of benzene rings is 1. The first-order valence-corrected chi connectivity index (χ1v) is 7.30. The Morgan fingerprint density at radius 2 is 2.05 bits per heavy atom. The molecule has 0 fully saturated rings. The number of nitriles is 1. The number of halogens is 2. The van der Waals surface area contributed by atoms with Crippen LogP contribution >= 0.6 is 34.5 Å². The third kappa shape index (κ3) is 3.22. The highest BCUT2D eigenvalue weighted by Gasteiger charge is 2.14. The van der Waals surface area contributed by atoms with Gasteiger partial charge in [0.25, 0.3) is 0 Å². The van der Waals surface area contributed by atoms with E-state index in [-0.39, 0.29) is 6.04 Å². The van der Waals surface area contributed by atoms with Crippen LogP contribution in [0.1, 0.15) is 29.7 Å². The summed E-state index contributed by atoms with van der Waals surface area (Å²) in [6, 6.07) is 9.61. The Bertz CT molecular complexity index is 643. The number of anilines is 1. The standard InChI is InChI=1S/C14H12Cl2N2S/c1-8-3-4-10(7-17)5-12(8)18-9(2)11-6-13(15)19-14(11)16/h3-6,9,18H,1-2H3. The highest BCUT2D eigenvalue weighted by Crippen LogP contribution is 2.36. The zero-order valence-corrected chi connectivity index (χ0v) is 12.8. The Morgan fingerprint density at radius 3 is 2.63 bits per heavy atom. The maximum absolute atomic E-state index is 8.94. The van der Waals surface area contributed by atoms with E-state index in [1.807, 2.05) is 32.0 Å². The molecule has 0 amide bonds. The van der Waals surface area contributed by atoms with Crippen LogP contribution in [0, 0.1) is 18.3 Å². The minimum absolute atomic E-state index is 0.0314. The largest absolute Gasteiger partial charge is 0.378 e. The normalized spacial score (nSPS) is 11.9. The number of nitrogens with one attached hydrogen (secondary N) is 1. The van der Waals surface area contributed by atoms with Crippen LogP contribution in [-0.2, 0) is 0 Å². The van der Waals surface area contributed by atoms with Crippen LogP contribution in [0.15, 0.2) is 24.3 Å². The molecule has 1 N–H and O–H groups in total. The van der Waals surface area contributed by atoms with Crippen molar-refractivity contribution in [3.05, 3.63) is 49.6 Å². The Hall–Kier alpha value is -1.21. The maximum atomic E-state index is 8.94. The van der Waals surface area contributed by atoms with Crippen molar-refractivity contribution in [2.24, 2.45) is 0 Å². The number of rotatable bonds is 3. The fourth-order valence-electron chi connectivity index (χ4n) is 1.81. The molecule has 1 aromatic carbocycles. The van der Waals surface area contributed by atoms with Gasteiger partial charge in [-0.1, -0.05) is 29.3 Å². The molecule has 0 aliphatic carbocycles. The summed E-state index contributed by atoms with van der Waals surface area (Å²) in [5.41, 5.74) is 3.63. The molecule has 5 heteroatoms. The van der Waals surface area contributed by atoms with E-state index in [9.17, 15) is 0 Å². The quantitative estimate of drug-likeness (QED) is 0.823. The first-order valence-electron chi connectivity index (χ1n) is 5.73. The van der Waals surface area contributed by atoms with Crippen molar-refractivity contribution in [1.29, 1.82) is 5.26 Å². The fourth-order valence-corrected chi connectivity index (χ4v) is 3.45. The van der Waals surface area contributed by atoms with Gasteiger partial charge in [0.05, 0.1) is 26.3 Å². The molecule has 2 aromatic rings. The van der Waals surface area contributed by atoms with Crippen molar-refractivity contribution in [2.45, 2.75) is 19.9 Å². The van der Waals surface area contributed by atoms with Gasteiger partial charge in [0.1, 0.15) is 0 Å². The van der Waals surface area contributed by atoms with Gasteiger partial charge in [-0.15, -0.1) is 11.3 Å². The lowest BCUT2D eigenvalue weighted by atomic mass is 10.1. The highest BCUT2D eigenvalue weighted by atomic mass is 35.5. The molecular formula is C14H12Cl2N2S. The topological polar surface area (TPSA) is 35.8 Å². The lowest BCUT2D eigenvalue weighted by Crippen LogP contribution is -2.07. The Morgan fingerprint density at radius 1 is 1.32 bits per heavy atom. The van der Waals surface area contributed by atoms with Crippen molar-refractivity contribution in [3.63, 3.8) is 0 Å². The van der Waals surface area contributed by atoms with E-state index in [1.54, 1.807) is 6.07 Å². The van der Waals surface area contributed by atoms with Crippen molar-refractivity contribution in [1.82, 2.24) is 0 Å². The maximum Gasteiger partial charge on any atom is 0.0996 e. The lowest BCUT2D eigenvalue weighted by molar-refractivity contribution is 0.888. The van der Waals surface area contributed by atoms with E-state index in [2.05, 4.69) is 11.4 Å². The van der Waals surface area contributed by atoms with Gasteiger partial charge in [0, 0.05) is 11.3 Å². The van der Waals surface area contributed by atoms with E-state index in [4.69, 9.17) is 28.5 Å². The molecule has 2 rings (SSSR count). The van der Waals surface area contributed by atoms with E-state index in [0.717, 1.165) is 16.8 Å². The molecule has 19 heavy (non-hydrogen) atoms. The van der Waals surface area contributed by atoms with Gasteiger partial charge in [-0.3, -0.25) is 0 Å². The van der Waals surface area contributed by atoms with Crippen molar-refractivity contribution >= 4 is 40.2 Å². The number of hydrogen-bond acceptors (Lipinski definition) is 3. The first kappa shape index (κ1) is 14.2. The van der Waals surface area contributed by atoms with Gasteiger partial charge in [0.2, 0.25) is 0 Å². The summed E-state index contributed by atoms with van der Waals surface area (Å²) < 4.78 is 1.37. The lowest BCUT2D eigenvalue weighted by Gasteiger charge is -2.17. The van der Waals surface area contributed by atoms with Crippen molar-refractivity contribution in [3.8, 4) is 6.07 Å². The Labute approximate surface area is 126 Å². The van der Waals surface area contributed by atoms with E-state index < -0.39 is 0 Å². The van der Waals surface area contributed by atoms with Gasteiger partial charge in [-0.25, -0.2) is 0 Å². The fraction of sp³-hybridized carbons (Fsp3) is 0.214. The smallest absolute Gasteiger partial charge is 0.0996 e. The number of hydrogen-bond donors (Lipinski definition) is 1. The Kier molecular flexibility index (Phi) is 4.36. The van der Waals surface area contributed by atoms with E-state index >= 15 is 0 Å². The molecule has 0 saturated carbocycles. The average Bonchev–Trinajstić information content (AvgIpc) is 2.71. The van der Waals surface area contributed by atoms with Crippen LogP contribution in [0.3, 0.4) is 0 Å². The van der Waals surface area contributed by atoms with Gasteiger partial charge >= 0.3 is 0 Å². The number of aryl methyl sites for hydroxylation is 1. The van der Waals surface area contributed by atoms with Crippen LogP contribution in [-0.4, -0.2) is 0 Å². The third-order valence-corrected chi connectivity index (χ3v) is 4.41. The van der Waals surface area contributed by atoms with Crippen LogP contribution in [0.4, 0.5) is 5.69 Å².